The van der Waals surface area contributed by atoms with E-state index in [1.165, 1.54) is 0 Å². The lowest BCUT2D eigenvalue weighted by molar-refractivity contribution is 0.835. The Morgan fingerprint density at radius 3 is 2.61 bits per heavy atom. The largest absolute Gasteiger partial charge is 0.295 e. The van der Waals surface area contributed by atoms with Crippen LogP contribution >= 0.6 is 0 Å². The summed E-state index contributed by atoms with van der Waals surface area (Å²) in [6, 6.07) is 15.2. The van der Waals surface area contributed by atoms with Gasteiger partial charge < -0.3 is 0 Å². The van der Waals surface area contributed by atoms with E-state index in [4.69, 9.17) is 0 Å². The number of nitrogens with one attached hydrogen (secondary N) is 1. The molecule has 1 N–H and O–H groups in total. The molecule has 23 heavy (non-hydrogen) atoms. The van der Waals surface area contributed by atoms with Crippen LogP contribution in [0.1, 0.15) is 23.9 Å². The van der Waals surface area contributed by atoms with Crippen LogP contribution in [0.15, 0.2) is 64.5 Å². The van der Waals surface area contributed by atoms with Crippen LogP contribution in [-0.4, -0.2) is 20.5 Å². The van der Waals surface area contributed by atoms with E-state index >= 15 is 0 Å². The fourth-order valence-electron chi connectivity index (χ4n) is 2.50. The predicted molar refractivity (Wildman–Crippen MR) is 91.3 cm³/mol. The molecule has 2 aromatic heterocycles. The van der Waals surface area contributed by atoms with Crippen LogP contribution in [0.5, 0.6) is 0 Å². The third kappa shape index (κ3) is 3.13. The molecule has 0 amide bonds. The third-order valence-corrected chi connectivity index (χ3v) is 3.65. The summed E-state index contributed by atoms with van der Waals surface area (Å²) in [6.45, 7) is 4.20. The molecule has 1 aromatic carbocycles. The number of aromatic nitrogens is 3. The summed E-state index contributed by atoms with van der Waals surface area (Å²) in [4.78, 5) is 21.4. The van der Waals surface area contributed by atoms with Crippen molar-refractivity contribution in [2.45, 2.75) is 20.4 Å². The Morgan fingerprint density at radius 2 is 1.91 bits per heavy atom. The molecule has 0 saturated carbocycles. The van der Waals surface area contributed by atoms with Gasteiger partial charge in [-0.1, -0.05) is 24.3 Å². The molecular formula is C18H18N4O. The van der Waals surface area contributed by atoms with Crippen LogP contribution < -0.4 is 5.56 Å². The number of hydrogen-bond donors (Lipinski definition) is 1. The average Bonchev–Trinajstić information content (AvgIpc) is 2.89. The maximum absolute atomic E-state index is 12.7. The van der Waals surface area contributed by atoms with Crippen LogP contribution in [0.2, 0.25) is 0 Å². The van der Waals surface area contributed by atoms with Gasteiger partial charge in [0.2, 0.25) is 0 Å². The number of para-hydroxylation sites is 1. The Morgan fingerprint density at radius 1 is 1.17 bits per heavy atom. The maximum atomic E-state index is 12.7. The molecule has 0 fully saturated rings. The summed E-state index contributed by atoms with van der Waals surface area (Å²) in [6.07, 6.45) is 1.74. The number of aryl methyl sites for hydroxylation is 1. The van der Waals surface area contributed by atoms with Gasteiger partial charge in [0.15, 0.2) is 0 Å². The van der Waals surface area contributed by atoms with Crippen LogP contribution in [0.3, 0.4) is 0 Å². The Bertz CT molecular complexity index is 876. The van der Waals surface area contributed by atoms with E-state index in [1.54, 1.807) is 10.9 Å². The fraction of sp³-hybridized carbons (Fsp3) is 0.167. The lowest BCUT2D eigenvalue weighted by Crippen LogP contribution is -2.19. The molecule has 0 bridgehead atoms. The summed E-state index contributed by atoms with van der Waals surface area (Å²) in [5.41, 5.74) is 3.73. The Labute approximate surface area is 134 Å². The van der Waals surface area contributed by atoms with Crippen molar-refractivity contribution in [2.24, 2.45) is 4.99 Å². The van der Waals surface area contributed by atoms with Crippen molar-refractivity contribution in [2.75, 3.05) is 0 Å². The number of H-pyrrole nitrogens is 1. The van der Waals surface area contributed by atoms with Crippen molar-refractivity contribution in [1.29, 1.82) is 0 Å². The quantitative estimate of drug-likeness (QED) is 0.753. The van der Waals surface area contributed by atoms with E-state index in [0.29, 0.717) is 17.8 Å². The Kier molecular flexibility index (Phi) is 4.19. The van der Waals surface area contributed by atoms with Gasteiger partial charge in [-0.15, -0.1) is 0 Å². The van der Waals surface area contributed by atoms with Crippen molar-refractivity contribution in [3.05, 3.63) is 82.0 Å². The predicted octanol–water partition coefficient (Wildman–Crippen LogP) is 2.88. The molecule has 5 heteroatoms. The number of aromatic amines is 1. The normalized spacial score (nSPS) is 11.7. The van der Waals surface area contributed by atoms with Gasteiger partial charge in [0.05, 0.1) is 23.5 Å². The number of nitrogens with zero attached hydrogens (tertiary/aromatic N) is 3. The Balaban J connectivity index is 1.94. The highest BCUT2D eigenvalue weighted by Gasteiger charge is 2.14. The molecule has 5 nitrogen and oxygen atoms in total. The van der Waals surface area contributed by atoms with Gasteiger partial charge in [-0.05, 0) is 38.1 Å². The van der Waals surface area contributed by atoms with Gasteiger partial charge in [0.1, 0.15) is 0 Å². The molecule has 2 heterocycles. The maximum Gasteiger partial charge on any atom is 0.280 e. The van der Waals surface area contributed by atoms with E-state index in [0.717, 1.165) is 17.1 Å². The molecule has 0 saturated heterocycles. The summed E-state index contributed by atoms with van der Waals surface area (Å²) in [7, 11) is 0. The zero-order chi connectivity index (χ0) is 16.2. The highest BCUT2D eigenvalue weighted by Crippen LogP contribution is 2.08. The second kappa shape index (κ2) is 6.44. The topological polar surface area (TPSA) is 63.0 Å². The minimum Gasteiger partial charge on any atom is -0.295 e. The van der Waals surface area contributed by atoms with Crippen molar-refractivity contribution < 1.29 is 0 Å². The van der Waals surface area contributed by atoms with Gasteiger partial charge in [0, 0.05) is 17.6 Å². The van der Waals surface area contributed by atoms with Crippen molar-refractivity contribution in [1.82, 2.24) is 14.8 Å². The van der Waals surface area contributed by atoms with Crippen molar-refractivity contribution >= 4 is 5.71 Å². The Hall–Kier alpha value is -2.95. The second-order valence-electron chi connectivity index (χ2n) is 5.31. The molecule has 3 aromatic rings. The first kappa shape index (κ1) is 15.0. The van der Waals surface area contributed by atoms with Crippen LogP contribution in [0.25, 0.3) is 5.69 Å². The van der Waals surface area contributed by atoms with Crippen molar-refractivity contribution in [3.8, 4) is 5.69 Å². The summed E-state index contributed by atoms with van der Waals surface area (Å²) < 4.78 is 1.55. The molecule has 0 aliphatic carbocycles. The number of rotatable bonds is 4. The third-order valence-electron chi connectivity index (χ3n) is 3.65. The van der Waals surface area contributed by atoms with E-state index in [2.05, 4.69) is 15.1 Å². The van der Waals surface area contributed by atoms with E-state index in [9.17, 15) is 4.79 Å². The first-order valence-corrected chi connectivity index (χ1v) is 7.45. The highest BCUT2D eigenvalue weighted by atomic mass is 16.1. The van der Waals surface area contributed by atoms with E-state index in [1.807, 2.05) is 62.4 Å². The molecule has 0 spiro atoms. The summed E-state index contributed by atoms with van der Waals surface area (Å²) in [5.74, 6) is 0. The number of aliphatic imine (C=N–C) groups is 1. The standard InChI is InChI=1S/C18H18N4O/c1-13(20-12-15-8-6-7-11-19-15)17-14(2)21-22(18(17)23)16-9-4-3-5-10-16/h3-11,21H,12H2,1-2H3. The molecule has 0 radical (unpaired) electrons. The average molecular weight is 306 g/mol. The van der Waals surface area contributed by atoms with Crippen LogP contribution in [0.4, 0.5) is 0 Å². The zero-order valence-electron chi connectivity index (χ0n) is 13.2. The molecular weight excluding hydrogens is 288 g/mol. The van der Waals surface area contributed by atoms with Gasteiger partial charge in [-0.3, -0.25) is 19.9 Å². The van der Waals surface area contributed by atoms with E-state index < -0.39 is 0 Å². The number of hydrogen-bond acceptors (Lipinski definition) is 3. The minimum absolute atomic E-state index is 0.0871. The van der Waals surface area contributed by atoms with Crippen LogP contribution in [0, 0.1) is 6.92 Å². The SMILES string of the molecule is CC(=NCc1ccccn1)c1c(C)[nH]n(-c2ccccc2)c1=O. The summed E-state index contributed by atoms with van der Waals surface area (Å²) >= 11 is 0. The lowest BCUT2D eigenvalue weighted by atomic mass is 10.2. The van der Waals surface area contributed by atoms with Crippen LogP contribution in [-0.2, 0) is 6.54 Å². The zero-order valence-corrected chi connectivity index (χ0v) is 13.2. The number of benzene rings is 1. The van der Waals surface area contributed by atoms with E-state index in [-0.39, 0.29) is 5.56 Å². The molecule has 116 valence electrons. The van der Waals surface area contributed by atoms with Crippen molar-refractivity contribution in [3.63, 3.8) is 0 Å². The fourth-order valence-corrected chi connectivity index (χ4v) is 2.50. The van der Waals surface area contributed by atoms with Gasteiger partial charge in [-0.2, -0.15) is 0 Å². The molecule has 0 aliphatic heterocycles. The first-order valence-electron chi connectivity index (χ1n) is 7.45. The molecule has 0 atom stereocenters. The highest BCUT2D eigenvalue weighted by molar-refractivity contribution is 5.99. The smallest absolute Gasteiger partial charge is 0.280 e. The molecule has 0 unspecified atom stereocenters. The van der Waals surface area contributed by atoms with Gasteiger partial charge >= 0.3 is 0 Å². The monoisotopic (exact) mass is 306 g/mol. The second-order valence-corrected chi connectivity index (χ2v) is 5.31. The summed E-state index contributed by atoms with van der Waals surface area (Å²) in [5, 5.41) is 3.12. The minimum atomic E-state index is -0.0871. The first-order chi connectivity index (χ1) is 11.2. The molecule has 0 aliphatic rings. The van der Waals surface area contributed by atoms with Gasteiger partial charge in [0.25, 0.3) is 5.56 Å². The molecule has 3 rings (SSSR count). The lowest BCUT2D eigenvalue weighted by Gasteiger charge is -2.00. The number of pyridine rings is 1. The van der Waals surface area contributed by atoms with Gasteiger partial charge in [-0.25, -0.2) is 4.68 Å².